The summed E-state index contributed by atoms with van der Waals surface area (Å²) in [5.41, 5.74) is 0. The van der Waals surface area contributed by atoms with Crippen molar-refractivity contribution in [1.29, 1.82) is 0 Å². The summed E-state index contributed by atoms with van der Waals surface area (Å²) in [7, 11) is 0. The summed E-state index contributed by atoms with van der Waals surface area (Å²) < 4.78 is 0. The van der Waals surface area contributed by atoms with Gasteiger partial charge in [-0.1, -0.05) is 39.5 Å². The Morgan fingerprint density at radius 2 is 1.33 bits per heavy atom. The smallest absolute Gasteiger partial charge is 0.306 e. The van der Waals surface area contributed by atoms with Gasteiger partial charge < -0.3 is 10.2 Å². The van der Waals surface area contributed by atoms with Gasteiger partial charge in [-0.2, -0.15) is 0 Å². The second kappa shape index (κ2) is 9.92. The van der Waals surface area contributed by atoms with Crippen molar-refractivity contribution in [1.82, 2.24) is 0 Å². The molecule has 2 atom stereocenters. The van der Waals surface area contributed by atoms with Crippen molar-refractivity contribution in [3.63, 3.8) is 0 Å². The van der Waals surface area contributed by atoms with Crippen molar-refractivity contribution >= 4 is 11.9 Å². The quantitative estimate of drug-likeness (QED) is 0.556. The number of rotatable bonds is 11. The maximum absolute atomic E-state index is 10.9. The Kier molecular flexibility index (Phi) is 9.33. The molecule has 0 spiro atoms. The first-order chi connectivity index (χ1) is 8.52. The highest BCUT2D eigenvalue weighted by atomic mass is 16.4. The molecule has 0 saturated carbocycles. The monoisotopic (exact) mass is 258 g/mol. The minimum atomic E-state index is -0.716. The van der Waals surface area contributed by atoms with Gasteiger partial charge in [-0.15, -0.1) is 0 Å². The van der Waals surface area contributed by atoms with Crippen LogP contribution in [0.25, 0.3) is 0 Å². The summed E-state index contributed by atoms with van der Waals surface area (Å²) >= 11 is 0. The highest BCUT2D eigenvalue weighted by Gasteiger charge is 2.16. The summed E-state index contributed by atoms with van der Waals surface area (Å²) in [6.45, 7) is 3.88. The Hall–Kier alpha value is -1.06. The maximum atomic E-state index is 10.9. The standard InChI is InChI=1S/C14H26O4/c1-3-8-12(14(17)18)10-7-5-6-9-11(4-2)13(15)16/h11-12H,3-10H2,1-2H3,(H,15,16)(H,17,18). The molecule has 0 heterocycles. The average molecular weight is 258 g/mol. The van der Waals surface area contributed by atoms with Gasteiger partial charge in [0, 0.05) is 0 Å². The van der Waals surface area contributed by atoms with Crippen LogP contribution in [0.5, 0.6) is 0 Å². The molecule has 4 heteroatoms. The van der Waals surface area contributed by atoms with Crippen LogP contribution in [0.4, 0.5) is 0 Å². The fourth-order valence-corrected chi connectivity index (χ4v) is 2.20. The number of carbonyl (C=O) groups is 2. The zero-order valence-electron chi connectivity index (χ0n) is 11.5. The van der Waals surface area contributed by atoms with E-state index in [2.05, 4.69) is 0 Å². The second-order valence-electron chi connectivity index (χ2n) is 4.91. The number of aliphatic carboxylic acids is 2. The number of hydrogen-bond donors (Lipinski definition) is 2. The fourth-order valence-electron chi connectivity index (χ4n) is 2.20. The first-order valence-corrected chi connectivity index (χ1v) is 6.98. The highest BCUT2D eigenvalue weighted by molar-refractivity contribution is 5.70. The van der Waals surface area contributed by atoms with Crippen LogP contribution in [0.1, 0.15) is 65.2 Å². The lowest BCUT2D eigenvalue weighted by Crippen LogP contribution is -2.14. The van der Waals surface area contributed by atoms with Crippen molar-refractivity contribution in [3.8, 4) is 0 Å². The molecule has 4 nitrogen and oxygen atoms in total. The Balaban J connectivity index is 3.71. The molecule has 0 saturated heterocycles. The van der Waals surface area contributed by atoms with Gasteiger partial charge in [-0.25, -0.2) is 0 Å². The van der Waals surface area contributed by atoms with Crippen LogP contribution in [-0.4, -0.2) is 22.2 Å². The minimum Gasteiger partial charge on any atom is -0.481 e. The minimum absolute atomic E-state index is 0.226. The van der Waals surface area contributed by atoms with Crippen LogP contribution in [-0.2, 0) is 9.59 Å². The summed E-state index contributed by atoms with van der Waals surface area (Å²) in [6, 6.07) is 0. The van der Waals surface area contributed by atoms with Gasteiger partial charge in [0.25, 0.3) is 0 Å². The second-order valence-corrected chi connectivity index (χ2v) is 4.91. The van der Waals surface area contributed by atoms with Crippen LogP contribution in [0.3, 0.4) is 0 Å². The Morgan fingerprint density at radius 3 is 1.72 bits per heavy atom. The zero-order valence-corrected chi connectivity index (χ0v) is 11.5. The molecule has 2 unspecified atom stereocenters. The van der Waals surface area contributed by atoms with Gasteiger partial charge in [0.1, 0.15) is 0 Å². The largest absolute Gasteiger partial charge is 0.481 e. The van der Waals surface area contributed by atoms with Crippen molar-refractivity contribution in [2.75, 3.05) is 0 Å². The number of hydrogen-bond acceptors (Lipinski definition) is 2. The van der Waals surface area contributed by atoms with Gasteiger partial charge in [0.05, 0.1) is 11.8 Å². The molecule has 0 amide bonds. The molecule has 0 aromatic heterocycles. The lowest BCUT2D eigenvalue weighted by Gasteiger charge is -2.12. The van der Waals surface area contributed by atoms with E-state index >= 15 is 0 Å². The van der Waals surface area contributed by atoms with Crippen molar-refractivity contribution < 1.29 is 19.8 Å². The SMILES string of the molecule is CCCC(CCCCCC(CC)C(=O)O)C(=O)O. The third-order valence-electron chi connectivity index (χ3n) is 3.43. The highest BCUT2D eigenvalue weighted by Crippen LogP contribution is 2.18. The molecule has 0 rings (SSSR count). The van der Waals surface area contributed by atoms with Crippen LogP contribution in [0.2, 0.25) is 0 Å². The van der Waals surface area contributed by atoms with Gasteiger partial charge >= 0.3 is 11.9 Å². The van der Waals surface area contributed by atoms with Crippen molar-refractivity contribution in [3.05, 3.63) is 0 Å². The summed E-state index contributed by atoms with van der Waals surface area (Å²) in [4.78, 5) is 21.7. The van der Waals surface area contributed by atoms with E-state index in [-0.39, 0.29) is 11.8 Å². The molecule has 0 radical (unpaired) electrons. The zero-order chi connectivity index (χ0) is 14.0. The summed E-state index contributed by atoms with van der Waals surface area (Å²) in [5, 5.41) is 17.9. The number of unbranched alkanes of at least 4 members (excludes halogenated alkanes) is 2. The maximum Gasteiger partial charge on any atom is 0.306 e. The molecule has 0 bridgehead atoms. The van der Waals surface area contributed by atoms with E-state index in [4.69, 9.17) is 10.2 Å². The Morgan fingerprint density at radius 1 is 0.833 bits per heavy atom. The van der Waals surface area contributed by atoms with Crippen LogP contribution >= 0.6 is 0 Å². The molecule has 0 aliphatic heterocycles. The van der Waals surface area contributed by atoms with Crippen molar-refractivity contribution in [2.24, 2.45) is 11.8 Å². The number of carboxylic acid groups (broad SMARTS) is 2. The molecule has 2 N–H and O–H groups in total. The van der Waals surface area contributed by atoms with E-state index < -0.39 is 11.9 Å². The predicted molar refractivity (Wildman–Crippen MR) is 70.5 cm³/mol. The first-order valence-electron chi connectivity index (χ1n) is 6.98. The van der Waals surface area contributed by atoms with Crippen molar-refractivity contribution in [2.45, 2.75) is 65.2 Å². The third kappa shape index (κ3) is 7.30. The number of carboxylic acids is 2. The van der Waals surface area contributed by atoms with Gasteiger partial charge in [-0.3, -0.25) is 9.59 Å². The molecular formula is C14H26O4. The lowest BCUT2D eigenvalue weighted by atomic mass is 9.94. The van der Waals surface area contributed by atoms with E-state index in [9.17, 15) is 9.59 Å². The average Bonchev–Trinajstić information content (AvgIpc) is 2.31. The van der Waals surface area contributed by atoms with E-state index in [0.717, 1.165) is 32.1 Å². The van der Waals surface area contributed by atoms with Gasteiger partial charge in [0.15, 0.2) is 0 Å². The summed E-state index contributed by atoms with van der Waals surface area (Å²) in [6.07, 6.45) is 6.41. The topological polar surface area (TPSA) is 74.6 Å². The van der Waals surface area contributed by atoms with Crippen LogP contribution in [0, 0.1) is 11.8 Å². The van der Waals surface area contributed by atoms with Crippen LogP contribution < -0.4 is 0 Å². The molecule has 106 valence electrons. The molecular weight excluding hydrogens is 232 g/mol. The van der Waals surface area contributed by atoms with Gasteiger partial charge in [0.2, 0.25) is 0 Å². The molecule has 0 aliphatic rings. The van der Waals surface area contributed by atoms with E-state index in [1.54, 1.807) is 0 Å². The fraction of sp³-hybridized carbons (Fsp3) is 0.857. The Bertz CT molecular complexity index is 250. The van der Waals surface area contributed by atoms with E-state index in [1.165, 1.54) is 0 Å². The normalized spacial score (nSPS) is 14.1. The Labute approximate surface area is 109 Å². The first kappa shape index (κ1) is 16.9. The van der Waals surface area contributed by atoms with E-state index in [0.29, 0.717) is 19.3 Å². The molecule has 18 heavy (non-hydrogen) atoms. The third-order valence-corrected chi connectivity index (χ3v) is 3.43. The molecule has 0 fully saturated rings. The van der Waals surface area contributed by atoms with Gasteiger partial charge in [-0.05, 0) is 25.7 Å². The molecule has 0 aromatic rings. The van der Waals surface area contributed by atoms with E-state index in [1.807, 2.05) is 13.8 Å². The van der Waals surface area contributed by atoms with Crippen LogP contribution in [0.15, 0.2) is 0 Å². The lowest BCUT2D eigenvalue weighted by molar-refractivity contribution is -0.143. The molecule has 0 aliphatic carbocycles. The predicted octanol–water partition coefficient (Wildman–Crippen LogP) is 3.55. The summed E-state index contributed by atoms with van der Waals surface area (Å²) in [5.74, 6) is -1.88. The molecule has 0 aromatic carbocycles.